The van der Waals surface area contributed by atoms with Crippen molar-refractivity contribution in [2.75, 3.05) is 0 Å². The smallest absolute Gasteiger partial charge is 0.303 e. The SMILES string of the molecule is Cc1cc(-c2noc(-c3cnc(C4CC4)c4c3CCC(C)(C)C4)n2)cc(C)c1CCC(=O)O.Cc1cc(-c2noc(-c3cncc4c3CCC(C)(C)C4)n2)cc(C)c1CCC(=O)O. The zero-order valence-electron chi connectivity index (χ0n) is 37.8. The highest BCUT2D eigenvalue weighted by Gasteiger charge is 2.36. The lowest BCUT2D eigenvalue weighted by molar-refractivity contribution is -0.138. The summed E-state index contributed by atoms with van der Waals surface area (Å²) in [7, 11) is 0. The highest BCUT2D eigenvalue weighted by atomic mass is 16.5. The second-order valence-corrected chi connectivity index (χ2v) is 19.6. The fraction of sp³-hybridized carbons (Fsp3) is 0.451. The van der Waals surface area contributed by atoms with Crippen LogP contribution in [0.2, 0.25) is 0 Å². The van der Waals surface area contributed by atoms with Crippen LogP contribution in [-0.2, 0) is 48.1 Å². The van der Waals surface area contributed by atoms with Gasteiger partial charge in [0.2, 0.25) is 11.6 Å². The number of hydrogen-bond donors (Lipinski definition) is 2. The summed E-state index contributed by atoms with van der Waals surface area (Å²) in [5.74, 6) is 1.16. The minimum atomic E-state index is -0.788. The molecule has 0 atom stereocenters. The summed E-state index contributed by atoms with van der Waals surface area (Å²) in [4.78, 5) is 40.6. The van der Waals surface area contributed by atoms with E-state index in [1.807, 2.05) is 70.6 Å². The number of aromatic nitrogens is 6. The third kappa shape index (κ3) is 9.65. The van der Waals surface area contributed by atoms with Gasteiger partial charge in [0.1, 0.15) is 0 Å². The first-order chi connectivity index (χ1) is 29.9. The van der Waals surface area contributed by atoms with Crippen LogP contribution in [0.4, 0.5) is 0 Å². The number of rotatable bonds is 11. The molecular formula is C51H58N6O6. The highest BCUT2D eigenvalue weighted by molar-refractivity contribution is 5.70. The van der Waals surface area contributed by atoms with Crippen LogP contribution in [0, 0.1) is 38.5 Å². The van der Waals surface area contributed by atoms with Gasteiger partial charge in [-0.3, -0.25) is 19.6 Å². The van der Waals surface area contributed by atoms with E-state index in [1.54, 1.807) is 0 Å². The van der Waals surface area contributed by atoms with Crippen LogP contribution in [0.5, 0.6) is 0 Å². The van der Waals surface area contributed by atoms with E-state index in [0.29, 0.717) is 42.2 Å². The Bertz CT molecular complexity index is 2680. The van der Waals surface area contributed by atoms with Crippen LogP contribution in [0.25, 0.3) is 45.7 Å². The summed E-state index contributed by atoms with van der Waals surface area (Å²) < 4.78 is 11.4. The molecule has 1 saturated carbocycles. The van der Waals surface area contributed by atoms with Gasteiger partial charge in [-0.25, -0.2) is 0 Å². The van der Waals surface area contributed by atoms with Gasteiger partial charge in [-0.05, 0) is 183 Å². The Labute approximate surface area is 369 Å². The van der Waals surface area contributed by atoms with E-state index >= 15 is 0 Å². The molecule has 0 aliphatic heterocycles. The van der Waals surface area contributed by atoms with Gasteiger partial charge >= 0.3 is 11.9 Å². The Balaban J connectivity index is 0.000000174. The lowest BCUT2D eigenvalue weighted by atomic mass is 9.72. The molecule has 3 aliphatic rings. The molecule has 0 spiro atoms. The van der Waals surface area contributed by atoms with E-state index in [2.05, 4.69) is 48.0 Å². The van der Waals surface area contributed by atoms with Gasteiger partial charge in [0, 0.05) is 54.2 Å². The summed E-state index contributed by atoms with van der Waals surface area (Å²) in [6.45, 7) is 17.3. The van der Waals surface area contributed by atoms with Crippen LogP contribution in [-0.4, -0.2) is 52.4 Å². The van der Waals surface area contributed by atoms with Crippen molar-refractivity contribution in [3.63, 3.8) is 0 Å². The van der Waals surface area contributed by atoms with E-state index in [4.69, 9.17) is 29.2 Å². The average Bonchev–Trinajstić information content (AvgIpc) is 3.71. The molecule has 2 N–H and O–H groups in total. The largest absolute Gasteiger partial charge is 0.481 e. The molecule has 4 aromatic heterocycles. The molecule has 0 saturated heterocycles. The fourth-order valence-corrected chi connectivity index (χ4v) is 9.64. The molecule has 6 aromatic rings. The van der Waals surface area contributed by atoms with E-state index in [9.17, 15) is 9.59 Å². The van der Waals surface area contributed by atoms with Crippen molar-refractivity contribution >= 4 is 11.9 Å². The van der Waals surface area contributed by atoms with Crippen LogP contribution in [0.1, 0.15) is 133 Å². The lowest BCUT2D eigenvalue weighted by Gasteiger charge is -2.33. The molecule has 9 rings (SSSR count). The van der Waals surface area contributed by atoms with Gasteiger partial charge in [-0.1, -0.05) is 38.0 Å². The molecule has 1 fully saturated rings. The van der Waals surface area contributed by atoms with Crippen molar-refractivity contribution in [3.05, 3.63) is 104 Å². The number of carbonyl (C=O) groups is 2. The van der Waals surface area contributed by atoms with Crippen molar-refractivity contribution in [3.8, 4) is 45.7 Å². The molecule has 328 valence electrons. The van der Waals surface area contributed by atoms with Crippen molar-refractivity contribution in [1.82, 2.24) is 30.2 Å². The van der Waals surface area contributed by atoms with Crippen LogP contribution < -0.4 is 0 Å². The maximum Gasteiger partial charge on any atom is 0.303 e. The second kappa shape index (κ2) is 17.3. The second-order valence-electron chi connectivity index (χ2n) is 19.6. The van der Waals surface area contributed by atoms with Crippen LogP contribution in [0.15, 0.2) is 51.9 Å². The maximum absolute atomic E-state index is 11.0. The number of carboxylic acids is 2. The minimum Gasteiger partial charge on any atom is -0.481 e. The summed E-state index contributed by atoms with van der Waals surface area (Å²) in [5, 5.41) is 26.5. The zero-order chi connectivity index (χ0) is 44.8. The molecule has 3 aliphatic carbocycles. The number of fused-ring (bicyclic) bond motifs is 2. The first-order valence-corrected chi connectivity index (χ1v) is 22.2. The minimum absolute atomic E-state index is 0.121. The van der Waals surface area contributed by atoms with E-state index in [0.717, 1.165) is 94.2 Å². The standard InChI is InChI=1S/C27H31N3O3.C24H27N3O3/c1-15-11-18(12-16(2)19(15)7-8-23(31)32)25-29-26(33-30-25)22-14-28-24(17-5-6-17)21-13-27(3,4)10-9-20(21)22;1-14-9-16(10-15(2)18(14)5-6-21(28)29)22-26-23(30-27-22)20-13-25-12-17-11-24(3,4)8-7-19(17)20/h11-12,14,17H,5-10,13H2,1-4H3,(H,31,32);9-10,12-13H,5-8,11H2,1-4H3,(H,28,29). The first-order valence-electron chi connectivity index (χ1n) is 22.2. The Morgan fingerprint density at radius 1 is 0.651 bits per heavy atom. The molecule has 0 unspecified atom stereocenters. The Morgan fingerprint density at radius 2 is 1.13 bits per heavy atom. The maximum atomic E-state index is 11.0. The highest BCUT2D eigenvalue weighted by Crippen LogP contribution is 2.47. The number of nitrogens with zero attached hydrogens (tertiary/aromatic N) is 6. The van der Waals surface area contributed by atoms with Gasteiger partial charge in [0.15, 0.2) is 0 Å². The monoisotopic (exact) mass is 850 g/mol. The lowest BCUT2D eigenvalue weighted by Crippen LogP contribution is -2.24. The molecule has 2 aromatic carbocycles. The van der Waals surface area contributed by atoms with Gasteiger partial charge in [0.05, 0.1) is 11.1 Å². The third-order valence-electron chi connectivity index (χ3n) is 13.3. The molecule has 12 nitrogen and oxygen atoms in total. The average molecular weight is 851 g/mol. The first kappa shape index (κ1) is 43.6. The topological polar surface area (TPSA) is 178 Å². The molecule has 4 heterocycles. The zero-order valence-corrected chi connectivity index (χ0v) is 37.8. The Morgan fingerprint density at radius 3 is 1.62 bits per heavy atom. The van der Waals surface area contributed by atoms with E-state index in [-0.39, 0.29) is 23.7 Å². The van der Waals surface area contributed by atoms with E-state index < -0.39 is 11.9 Å². The predicted octanol–water partition coefficient (Wildman–Crippen LogP) is 10.8. The number of carboxylic acid groups (broad SMARTS) is 2. The summed E-state index contributed by atoms with van der Waals surface area (Å²) in [5.41, 5.74) is 17.1. The number of pyridine rings is 2. The fourth-order valence-electron chi connectivity index (χ4n) is 9.64. The normalized spacial score (nSPS) is 16.1. The number of hydrogen-bond acceptors (Lipinski definition) is 10. The van der Waals surface area contributed by atoms with Gasteiger partial charge in [-0.15, -0.1) is 0 Å². The van der Waals surface area contributed by atoms with Crippen LogP contribution >= 0.6 is 0 Å². The Kier molecular flexibility index (Phi) is 11.9. The number of aryl methyl sites for hydroxylation is 4. The predicted molar refractivity (Wildman–Crippen MR) is 240 cm³/mol. The quantitative estimate of drug-likeness (QED) is 0.126. The molecular weight excluding hydrogens is 793 g/mol. The van der Waals surface area contributed by atoms with Gasteiger partial charge in [-0.2, -0.15) is 9.97 Å². The van der Waals surface area contributed by atoms with E-state index in [1.165, 1.54) is 40.8 Å². The number of aliphatic carboxylic acids is 2. The molecule has 12 heteroatoms. The Hall–Kier alpha value is -6.04. The van der Waals surface area contributed by atoms with Crippen molar-refractivity contribution < 1.29 is 28.8 Å². The molecule has 0 radical (unpaired) electrons. The summed E-state index contributed by atoms with van der Waals surface area (Å²) in [6.07, 6.45) is 15.8. The van der Waals surface area contributed by atoms with Gasteiger partial charge < -0.3 is 19.3 Å². The molecule has 0 bridgehead atoms. The summed E-state index contributed by atoms with van der Waals surface area (Å²) >= 11 is 0. The number of benzene rings is 2. The van der Waals surface area contributed by atoms with Crippen LogP contribution in [0.3, 0.4) is 0 Å². The van der Waals surface area contributed by atoms with Gasteiger partial charge in [0.25, 0.3) is 11.8 Å². The summed E-state index contributed by atoms with van der Waals surface area (Å²) in [6, 6.07) is 8.04. The third-order valence-corrected chi connectivity index (χ3v) is 13.3. The van der Waals surface area contributed by atoms with Crippen molar-refractivity contribution in [1.29, 1.82) is 0 Å². The molecule has 0 amide bonds. The molecule has 63 heavy (non-hydrogen) atoms. The van der Waals surface area contributed by atoms with Crippen molar-refractivity contribution in [2.24, 2.45) is 10.8 Å². The van der Waals surface area contributed by atoms with Crippen molar-refractivity contribution in [2.45, 2.75) is 138 Å².